The molecule has 0 atom stereocenters. The van der Waals surface area contributed by atoms with Crippen LogP contribution in [0, 0.1) is 0 Å². The van der Waals surface area contributed by atoms with Gasteiger partial charge < -0.3 is 13.9 Å². The molecule has 0 fully saturated rings. The molecule has 0 bridgehead atoms. The van der Waals surface area contributed by atoms with E-state index < -0.39 is 0 Å². The van der Waals surface area contributed by atoms with Crippen LogP contribution >= 0.6 is 0 Å². The minimum Gasteiger partial charge on any atom is -0.456 e. The molecular formula is C50H32N2O. The molecule has 11 aromatic rings. The van der Waals surface area contributed by atoms with Crippen LogP contribution in [0.4, 0.5) is 17.1 Å². The van der Waals surface area contributed by atoms with Gasteiger partial charge in [-0.2, -0.15) is 0 Å². The van der Waals surface area contributed by atoms with E-state index in [1.165, 1.54) is 54.5 Å². The van der Waals surface area contributed by atoms with Crippen molar-refractivity contribution in [1.82, 2.24) is 4.57 Å². The second-order valence-corrected chi connectivity index (χ2v) is 13.7. The van der Waals surface area contributed by atoms with Crippen molar-refractivity contribution in [3.05, 3.63) is 194 Å². The number of hydrogen-bond donors (Lipinski definition) is 0. The Morgan fingerprint density at radius 3 is 1.77 bits per heavy atom. The van der Waals surface area contributed by atoms with Crippen LogP contribution < -0.4 is 4.90 Å². The van der Waals surface area contributed by atoms with Crippen LogP contribution in [0.5, 0.6) is 0 Å². The lowest BCUT2D eigenvalue weighted by atomic mass is 9.93. The molecule has 248 valence electrons. The quantitative estimate of drug-likeness (QED) is 0.169. The van der Waals surface area contributed by atoms with Crippen molar-refractivity contribution in [2.45, 2.75) is 0 Å². The Labute approximate surface area is 306 Å². The summed E-state index contributed by atoms with van der Waals surface area (Å²) in [5.74, 6) is 0. The minimum atomic E-state index is 0.884. The van der Waals surface area contributed by atoms with Crippen LogP contribution in [0.3, 0.4) is 0 Å². The monoisotopic (exact) mass is 676 g/mol. The molecule has 3 nitrogen and oxygen atoms in total. The second kappa shape index (κ2) is 11.7. The van der Waals surface area contributed by atoms with E-state index in [2.05, 4.69) is 191 Å². The van der Waals surface area contributed by atoms with Crippen molar-refractivity contribution in [2.24, 2.45) is 0 Å². The number of fused-ring (bicyclic) bond motifs is 9. The average molecular weight is 677 g/mol. The number of para-hydroxylation sites is 3. The largest absolute Gasteiger partial charge is 0.456 e. The SMILES string of the molecule is c1ccc(-n2c3ccccc3c3cc(N(c4ccc(-c5cc6ccccc6c6ccccc56)cc4)c4ccc5oc6ccccc6c5c4)ccc32)cc1. The van der Waals surface area contributed by atoms with Crippen LogP contribution in [0.2, 0.25) is 0 Å². The summed E-state index contributed by atoms with van der Waals surface area (Å²) in [5.41, 5.74) is 11.0. The molecule has 0 spiro atoms. The van der Waals surface area contributed by atoms with Crippen LogP contribution in [0.25, 0.3) is 82.1 Å². The van der Waals surface area contributed by atoms with Gasteiger partial charge in [0.15, 0.2) is 0 Å². The number of benzene rings is 9. The summed E-state index contributed by atoms with van der Waals surface area (Å²) in [5, 5.41) is 9.71. The maximum Gasteiger partial charge on any atom is 0.135 e. The third-order valence-electron chi connectivity index (χ3n) is 10.8. The first-order chi connectivity index (χ1) is 26.3. The highest BCUT2D eigenvalue weighted by molar-refractivity contribution is 6.14. The molecule has 0 saturated carbocycles. The summed E-state index contributed by atoms with van der Waals surface area (Å²) in [6.45, 7) is 0. The van der Waals surface area contributed by atoms with Gasteiger partial charge in [-0.1, -0.05) is 115 Å². The third kappa shape index (κ3) is 4.68. The second-order valence-electron chi connectivity index (χ2n) is 13.7. The van der Waals surface area contributed by atoms with Gasteiger partial charge in [-0.25, -0.2) is 0 Å². The highest BCUT2D eigenvalue weighted by atomic mass is 16.3. The maximum atomic E-state index is 6.26. The summed E-state index contributed by atoms with van der Waals surface area (Å²) < 4.78 is 8.62. The van der Waals surface area contributed by atoms with Crippen molar-refractivity contribution < 1.29 is 4.42 Å². The number of hydrogen-bond acceptors (Lipinski definition) is 2. The molecule has 0 aliphatic rings. The van der Waals surface area contributed by atoms with Crippen molar-refractivity contribution in [1.29, 1.82) is 0 Å². The van der Waals surface area contributed by atoms with Gasteiger partial charge in [-0.3, -0.25) is 0 Å². The van der Waals surface area contributed by atoms with Crippen LogP contribution in [0.1, 0.15) is 0 Å². The van der Waals surface area contributed by atoms with Crippen LogP contribution in [-0.4, -0.2) is 4.57 Å². The first-order valence-electron chi connectivity index (χ1n) is 18.1. The van der Waals surface area contributed by atoms with Crippen molar-refractivity contribution in [3.63, 3.8) is 0 Å². The molecule has 3 heteroatoms. The number of nitrogens with zero attached hydrogens (tertiary/aromatic N) is 2. The lowest BCUT2D eigenvalue weighted by Crippen LogP contribution is -2.10. The van der Waals surface area contributed by atoms with Crippen molar-refractivity contribution in [2.75, 3.05) is 4.90 Å². The van der Waals surface area contributed by atoms with E-state index in [1.54, 1.807) is 0 Å². The molecule has 0 aliphatic heterocycles. The molecule has 0 saturated heterocycles. The summed E-state index contributed by atoms with van der Waals surface area (Å²) in [6, 6.07) is 69.8. The van der Waals surface area contributed by atoms with Gasteiger partial charge in [0, 0.05) is 44.3 Å². The molecule has 0 aliphatic carbocycles. The third-order valence-corrected chi connectivity index (χ3v) is 10.8. The Morgan fingerprint density at radius 2 is 0.943 bits per heavy atom. The van der Waals surface area contributed by atoms with Gasteiger partial charge in [0.25, 0.3) is 0 Å². The molecule has 0 unspecified atom stereocenters. The van der Waals surface area contributed by atoms with E-state index in [-0.39, 0.29) is 0 Å². The molecular weight excluding hydrogens is 645 g/mol. The topological polar surface area (TPSA) is 21.3 Å². The smallest absolute Gasteiger partial charge is 0.135 e. The molecule has 2 heterocycles. The fourth-order valence-electron chi connectivity index (χ4n) is 8.34. The Kier molecular flexibility index (Phi) is 6.55. The normalized spacial score (nSPS) is 11.8. The zero-order chi connectivity index (χ0) is 34.9. The highest BCUT2D eigenvalue weighted by Gasteiger charge is 2.19. The number of rotatable bonds is 5. The Bertz CT molecular complexity index is 3170. The van der Waals surface area contributed by atoms with Gasteiger partial charge in [0.2, 0.25) is 0 Å². The van der Waals surface area contributed by atoms with Gasteiger partial charge in [-0.05, 0) is 112 Å². The summed E-state index contributed by atoms with van der Waals surface area (Å²) >= 11 is 0. The molecule has 11 rings (SSSR count). The molecule has 0 N–H and O–H groups in total. The van der Waals surface area contributed by atoms with E-state index in [0.717, 1.165) is 44.7 Å². The van der Waals surface area contributed by atoms with E-state index in [0.29, 0.717) is 0 Å². The number of anilines is 3. The fraction of sp³-hybridized carbons (Fsp3) is 0. The standard InChI is InChI=1S/C50H32N2O/c1-2-13-35(14-3-1)52-47-20-10-8-18-42(47)45-31-37(26-28-48(45)52)51(38-27-29-50-46(32-38)43-19-9-11-21-49(43)53-50)36-24-22-33(23-25-36)44-30-34-12-4-5-15-39(34)40-16-6-7-17-41(40)44/h1-32H. The van der Waals surface area contributed by atoms with E-state index in [9.17, 15) is 0 Å². The molecule has 0 radical (unpaired) electrons. The fourth-order valence-corrected chi connectivity index (χ4v) is 8.34. The predicted molar refractivity (Wildman–Crippen MR) is 223 cm³/mol. The van der Waals surface area contributed by atoms with E-state index in [4.69, 9.17) is 4.42 Å². The van der Waals surface area contributed by atoms with Gasteiger partial charge >= 0.3 is 0 Å². The zero-order valence-electron chi connectivity index (χ0n) is 28.8. The number of aromatic nitrogens is 1. The van der Waals surface area contributed by atoms with Crippen LogP contribution in [-0.2, 0) is 0 Å². The first kappa shape index (κ1) is 29.6. The van der Waals surface area contributed by atoms with E-state index in [1.807, 2.05) is 12.1 Å². The minimum absolute atomic E-state index is 0.884. The highest BCUT2D eigenvalue weighted by Crippen LogP contribution is 2.43. The van der Waals surface area contributed by atoms with Gasteiger partial charge in [-0.15, -0.1) is 0 Å². The lowest BCUT2D eigenvalue weighted by Gasteiger charge is -2.26. The molecule has 9 aromatic carbocycles. The summed E-state index contributed by atoms with van der Waals surface area (Å²) in [6.07, 6.45) is 0. The van der Waals surface area contributed by atoms with Crippen molar-refractivity contribution >= 4 is 82.4 Å². The van der Waals surface area contributed by atoms with Crippen molar-refractivity contribution in [3.8, 4) is 16.8 Å². The molecule has 2 aromatic heterocycles. The van der Waals surface area contributed by atoms with Crippen LogP contribution in [0.15, 0.2) is 199 Å². The van der Waals surface area contributed by atoms with E-state index >= 15 is 0 Å². The maximum absolute atomic E-state index is 6.26. The lowest BCUT2D eigenvalue weighted by molar-refractivity contribution is 0.669. The Morgan fingerprint density at radius 1 is 0.358 bits per heavy atom. The number of furan rings is 1. The average Bonchev–Trinajstić information content (AvgIpc) is 3.76. The van der Waals surface area contributed by atoms with Gasteiger partial charge in [0.1, 0.15) is 11.2 Å². The summed E-state index contributed by atoms with van der Waals surface area (Å²) in [4.78, 5) is 2.37. The molecule has 53 heavy (non-hydrogen) atoms. The molecule has 0 amide bonds. The summed E-state index contributed by atoms with van der Waals surface area (Å²) in [7, 11) is 0. The first-order valence-corrected chi connectivity index (χ1v) is 18.1. The van der Waals surface area contributed by atoms with Gasteiger partial charge in [0.05, 0.1) is 11.0 Å². The zero-order valence-corrected chi connectivity index (χ0v) is 28.8. The predicted octanol–water partition coefficient (Wildman–Crippen LogP) is 14.1. The Hall–Kier alpha value is -7.10. The Balaban J connectivity index is 1.12.